The van der Waals surface area contributed by atoms with Crippen LogP contribution in [-0.2, 0) is 16.0 Å². The largest absolute Gasteiger partial charge is 0.475 e. The number of nitrogens with zero attached hydrogens (tertiary/aromatic N) is 2. The number of carbonyl (C=O) groups excluding carboxylic acids is 2. The number of benzene rings is 1. The number of hydrogen-bond acceptors (Lipinski definition) is 6. The molecule has 0 unspecified atom stereocenters. The van der Waals surface area contributed by atoms with E-state index in [0.717, 1.165) is 5.56 Å². The zero-order valence-corrected chi connectivity index (χ0v) is 18.5. The SMILES string of the molecule is CC(C)(C)/C=C(\C#N)C(=O)N1C[C@H](F)C[C@@H]1COC(=O)N[C@@H](Cc1ccccc1)B(O)O. The number of carbonyl (C=O) groups is 2. The van der Waals surface area contributed by atoms with Gasteiger partial charge >= 0.3 is 13.2 Å². The van der Waals surface area contributed by atoms with Gasteiger partial charge in [-0.3, -0.25) is 4.79 Å². The van der Waals surface area contributed by atoms with E-state index >= 15 is 0 Å². The van der Waals surface area contributed by atoms with Gasteiger partial charge < -0.3 is 25.0 Å². The molecular formula is C22H29BFN3O5. The van der Waals surface area contributed by atoms with Crippen molar-refractivity contribution >= 4 is 19.1 Å². The van der Waals surface area contributed by atoms with Gasteiger partial charge in [0.05, 0.1) is 18.5 Å². The molecule has 172 valence electrons. The first-order chi connectivity index (χ1) is 15.0. The van der Waals surface area contributed by atoms with Gasteiger partial charge in [0.15, 0.2) is 0 Å². The second-order valence-corrected chi connectivity index (χ2v) is 8.93. The normalized spacial score (nSPS) is 19.8. The molecule has 2 rings (SSSR count). The Morgan fingerprint density at radius 3 is 2.59 bits per heavy atom. The fraction of sp³-hybridized carbons (Fsp3) is 0.500. The molecule has 0 spiro atoms. The number of alkyl carbamates (subject to hydrolysis) is 1. The van der Waals surface area contributed by atoms with Gasteiger partial charge in [-0.25, -0.2) is 9.18 Å². The molecule has 0 radical (unpaired) electrons. The molecular weight excluding hydrogens is 416 g/mol. The van der Waals surface area contributed by atoms with E-state index in [2.05, 4.69) is 5.32 Å². The molecule has 1 fully saturated rings. The number of likely N-dealkylation sites (tertiary alicyclic amines) is 1. The van der Waals surface area contributed by atoms with Crippen LogP contribution in [0, 0.1) is 16.7 Å². The highest BCUT2D eigenvalue weighted by atomic mass is 19.1. The van der Waals surface area contributed by atoms with Crippen LogP contribution in [-0.4, -0.2) is 65.4 Å². The standard InChI is InChI=1S/C22H29BFN3O5/c1-22(2,3)11-16(12-25)20(28)27-13-17(24)10-18(27)14-32-21(29)26-19(23(30)31)9-15-7-5-4-6-8-15/h4-8,11,17-19,30-31H,9-10,13-14H2,1-3H3,(H,26,29)/b16-11+/t17-,18-,19+/m1/s1. The molecule has 1 aromatic rings. The van der Waals surface area contributed by atoms with Crippen molar-refractivity contribution in [3.63, 3.8) is 0 Å². The van der Waals surface area contributed by atoms with Gasteiger partial charge in [-0.2, -0.15) is 5.26 Å². The molecule has 1 heterocycles. The molecule has 0 aromatic heterocycles. The first-order valence-electron chi connectivity index (χ1n) is 10.4. The monoisotopic (exact) mass is 445 g/mol. The third-order valence-electron chi connectivity index (χ3n) is 4.92. The minimum Gasteiger partial charge on any atom is -0.447 e. The van der Waals surface area contributed by atoms with Gasteiger partial charge in [0.25, 0.3) is 5.91 Å². The molecule has 3 N–H and O–H groups in total. The van der Waals surface area contributed by atoms with E-state index in [1.807, 2.05) is 32.9 Å². The minimum absolute atomic E-state index is 0.0245. The van der Waals surface area contributed by atoms with Crippen LogP contribution in [0.2, 0.25) is 0 Å². The van der Waals surface area contributed by atoms with Crippen LogP contribution in [0.3, 0.4) is 0 Å². The molecule has 1 aromatic carbocycles. The van der Waals surface area contributed by atoms with Crippen molar-refractivity contribution in [1.82, 2.24) is 10.2 Å². The summed E-state index contributed by atoms with van der Waals surface area (Å²) in [6.07, 6.45) is -0.544. The molecule has 0 saturated carbocycles. The average molecular weight is 445 g/mol. The van der Waals surface area contributed by atoms with Gasteiger partial charge in [-0.05, 0) is 17.4 Å². The first-order valence-corrected chi connectivity index (χ1v) is 10.4. The summed E-state index contributed by atoms with van der Waals surface area (Å²) in [4.78, 5) is 26.2. The van der Waals surface area contributed by atoms with Gasteiger partial charge in [0.2, 0.25) is 0 Å². The van der Waals surface area contributed by atoms with Gasteiger partial charge in [-0.15, -0.1) is 0 Å². The van der Waals surface area contributed by atoms with Crippen LogP contribution in [0.15, 0.2) is 42.0 Å². The Morgan fingerprint density at radius 1 is 1.38 bits per heavy atom. The molecule has 3 atom stereocenters. The Bertz CT molecular complexity index is 867. The summed E-state index contributed by atoms with van der Waals surface area (Å²) in [5.41, 5.74) is 0.279. The quantitative estimate of drug-likeness (QED) is 0.334. The van der Waals surface area contributed by atoms with E-state index in [0.29, 0.717) is 0 Å². The molecule has 10 heteroatoms. The lowest BCUT2D eigenvalue weighted by atomic mass is 9.76. The van der Waals surface area contributed by atoms with Gasteiger partial charge in [0.1, 0.15) is 24.4 Å². The van der Waals surface area contributed by atoms with Crippen molar-refractivity contribution in [3.05, 3.63) is 47.5 Å². The third-order valence-corrected chi connectivity index (χ3v) is 4.92. The molecule has 2 amide bonds. The predicted octanol–water partition coefficient (Wildman–Crippen LogP) is 1.77. The summed E-state index contributed by atoms with van der Waals surface area (Å²) < 4.78 is 19.2. The zero-order chi connectivity index (χ0) is 23.9. The van der Waals surface area contributed by atoms with Crippen molar-refractivity contribution in [2.45, 2.75) is 51.8 Å². The molecule has 1 aliphatic heterocycles. The number of amides is 2. The number of allylic oxidation sites excluding steroid dienone is 1. The maximum absolute atomic E-state index is 14.1. The van der Waals surface area contributed by atoms with Crippen LogP contribution < -0.4 is 5.32 Å². The van der Waals surface area contributed by atoms with Crippen molar-refractivity contribution in [1.29, 1.82) is 5.26 Å². The number of hydrogen-bond donors (Lipinski definition) is 3. The maximum atomic E-state index is 14.1. The Morgan fingerprint density at radius 2 is 2.03 bits per heavy atom. The Hall–Kier alpha value is -2.90. The summed E-state index contributed by atoms with van der Waals surface area (Å²) in [5.74, 6) is -1.62. The average Bonchev–Trinajstić information content (AvgIpc) is 3.10. The molecule has 0 aliphatic carbocycles. The van der Waals surface area contributed by atoms with Crippen LogP contribution in [0.25, 0.3) is 0 Å². The topological polar surface area (TPSA) is 123 Å². The van der Waals surface area contributed by atoms with E-state index < -0.39 is 42.7 Å². The fourth-order valence-corrected chi connectivity index (χ4v) is 3.46. The van der Waals surface area contributed by atoms with Crippen molar-refractivity contribution < 1.29 is 28.8 Å². The molecule has 1 saturated heterocycles. The lowest BCUT2D eigenvalue weighted by Gasteiger charge is -2.25. The van der Waals surface area contributed by atoms with Gasteiger partial charge in [-0.1, -0.05) is 57.2 Å². The summed E-state index contributed by atoms with van der Waals surface area (Å²) in [6, 6.07) is 10.1. The Labute approximate surface area is 187 Å². The lowest BCUT2D eigenvalue weighted by molar-refractivity contribution is -0.128. The molecule has 8 nitrogen and oxygen atoms in total. The molecule has 0 bridgehead atoms. The smallest absolute Gasteiger partial charge is 0.447 e. The van der Waals surface area contributed by atoms with Crippen LogP contribution >= 0.6 is 0 Å². The first kappa shape index (κ1) is 25.4. The van der Waals surface area contributed by atoms with E-state index in [1.165, 1.54) is 11.0 Å². The van der Waals surface area contributed by atoms with Crippen molar-refractivity contribution in [2.24, 2.45) is 5.41 Å². The van der Waals surface area contributed by atoms with E-state index in [9.17, 15) is 29.3 Å². The minimum atomic E-state index is -1.82. The number of nitrogens with one attached hydrogen (secondary N) is 1. The molecule has 1 aliphatic rings. The van der Waals surface area contributed by atoms with Crippen molar-refractivity contribution in [2.75, 3.05) is 13.2 Å². The van der Waals surface area contributed by atoms with Gasteiger partial charge in [0, 0.05) is 6.42 Å². The highest BCUT2D eigenvalue weighted by molar-refractivity contribution is 6.43. The summed E-state index contributed by atoms with van der Waals surface area (Å²) in [6.45, 7) is 5.04. The number of nitriles is 1. The lowest BCUT2D eigenvalue weighted by Crippen LogP contribution is -2.49. The predicted molar refractivity (Wildman–Crippen MR) is 117 cm³/mol. The maximum Gasteiger partial charge on any atom is 0.475 e. The Balaban J connectivity index is 1.99. The number of ether oxygens (including phenoxy) is 1. The van der Waals surface area contributed by atoms with Crippen LogP contribution in [0.4, 0.5) is 9.18 Å². The second-order valence-electron chi connectivity index (χ2n) is 8.93. The highest BCUT2D eigenvalue weighted by Crippen LogP contribution is 2.25. The summed E-state index contributed by atoms with van der Waals surface area (Å²) in [5, 5.41) is 30.9. The Kier molecular flexibility index (Phi) is 8.81. The third kappa shape index (κ3) is 7.66. The highest BCUT2D eigenvalue weighted by Gasteiger charge is 2.38. The number of rotatable bonds is 7. The van der Waals surface area contributed by atoms with Crippen LogP contribution in [0.5, 0.6) is 0 Å². The number of alkyl halides is 1. The summed E-state index contributed by atoms with van der Waals surface area (Å²) in [7, 11) is -1.82. The zero-order valence-electron chi connectivity index (χ0n) is 18.5. The summed E-state index contributed by atoms with van der Waals surface area (Å²) >= 11 is 0. The fourth-order valence-electron chi connectivity index (χ4n) is 3.46. The van der Waals surface area contributed by atoms with E-state index in [1.54, 1.807) is 24.3 Å². The van der Waals surface area contributed by atoms with Crippen LogP contribution in [0.1, 0.15) is 32.8 Å². The molecule has 32 heavy (non-hydrogen) atoms. The van der Waals surface area contributed by atoms with E-state index in [-0.39, 0.29) is 31.6 Å². The second kappa shape index (κ2) is 11.1. The van der Waals surface area contributed by atoms with E-state index in [4.69, 9.17) is 4.74 Å². The number of halogens is 1. The van der Waals surface area contributed by atoms with Crippen molar-refractivity contribution in [3.8, 4) is 6.07 Å².